The lowest BCUT2D eigenvalue weighted by Crippen LogP contribution is -2.48. The molecule has 2 fully saturated rings. The summed E-state index contributed by atoms with van der Waals surface area (Å²) in [6, 6.07) is 2.09. The van der Waals surface area contributed by atoms with Crippen molar-refractivity contribution in [1.82, 2.24) is 14.9 Å². The highest BCUT2D eigenvalue weighted by molar-refractivity contribution is 5.40. The van der Waals surface area contributed by atoms with Crippen LogP contribution in [0.5, 0.6) is 0 Å². The zero-order valence-electron chi connectivity index (χ0n) is 15.5. The van der Waals surface area contributed by atoms with E-state index in [0.29, 0.717) is 6.10 Å². The molecule has 2 unspecified atom stereocenters. The van der Waals surface area contributed by atoms with E-state index in [1.54, 1.807) is 0 Å². The van der Waals surface area contributed by atoms with E-state index in [1.807, 2.05) is 13.8 Å². The number of piperazine rings is 1. The van der Waals surface area contributed by atoms with Gasteiger partial charge in [0.25, 0.3) is 0 Å². The maximum Gasteiger partial charge on any atom is 0.132 e. The summed E-state index contributed by atoms with van der Waals surface area (Å²) in [6.45, 7) is 12.5. The Kier molecular flexibility index (Phi) is 6.06. The van der Waals surface area contributed by atoms with Gasteiger partial charge in [0.15, 0.2) is 0 Å². The predicted octanol–water partition coefficient (Wildman–Crippen LogP) is 2.81. The van der Waals surface area contributed by atoms with Crippen molar-refractivity contribution in [3.8, 4) is 0 Å². The second-order valence-electron chi connectivity index (χ2n) is 7.41. The van der Waals surface area contributed by atoms with Gasteiger partial charge in [-0.05, 0) is 32.6 Å². The molecule has 2 aliphatic rings. The van der Waals surface area contributed by atoms with Crippen LogP contribution in [0, 0.1) is 19.8 Å². The minimum atomic E-state index is 0.493. The highest BCUT2D eigenvalue weighted by atomic mass is 16.5. The summed E-state index contributed by atoms with van der Waals surface area (Å²) in [4.78, 5) is 13.9. The molecule has 24 heavy (non-hydrogen) atoms. The van der Waals surface area contributed by atoms with E-state index in [4.69, 9.17) is 4.74 Å². The number of hydrogen-bond donors (Lipinski definition) is 0. The van der Waals surface area contributed by atoms with Crippen LogP contribution in [0.4, 0.5) is 5.82 Å². The third kappa shape index (κ3) is 4.67. The Morgan fingerprint density at radius 3 is 2.54 bits per heavy atom. The van der Waals surface area contributed by atoms with Crippen molar-refractivity contribution in [1.29, 1.82) is 0 Å². The average Bonchev–Trinajstić information content (AvgIpc) is 2.56. The van der Waals surface area contributed by atoms with Gasteiger partial charge in [-0.2, -0.15) is 0 Å². The SMILES string of the molecule is Cc1cc(N2CCN(CCOC3CCCCC3C)CC2)nc(C)n1. The lowest BCUT2D eigenvalue weighted by Gasteiger charge is -2.36. The Labute approximate surface area is 146 Å². The molecule has 1 aromatic heterocycles. The topological polar surface area (TPSA) is 41.5 Å². The van der Waals surface area contributed by atoms with E-state index in [1.165, 1.54) is 25.7 Å². The number of nitrogens with zero attached hydrogens (tertiary/aromatic N) is 4. The first kappa shape index (κ1) is 17.6. The standard InChI is InChI=1S/C19H32N4O/c1-15-6-4-5-7-18(15)24-13-12-22-8-10-23(11-9-22)19-14-16(2)20-17(3)21-19/h14-15,18H,4-13H2,1-3H3. The molecule has 3 rings (SSSR count). The number of hydrogen-bond acceptors (Lipinski definition) is 5. The van der Waals surface area contributed by atoms with Gasteiger partial charge < -0.3 is 9.64 Å². The van der Waals surface area contributed by atoms with Crippen LogP contribution in [-0.4, -0.2) is 60.3 Å². The second-order valence-corrected chi connectivity index (χ2v) is 7.41. The van der Waals surface area contributed by atoms with E-state index < -0.39 is 0 Å². The molecule has 1 aliphatic carbocycles. The van der Waals surface area contributed by atoms with Crippen molar-refractivity contribution in [2.24, 2.45) is 5.92 Å². The molecule has 0 bridgehead atoms. The Morgan fingerprint density at radius 1 is 1.08 bits per heavy atom. The Bertz CT molecular complexity index is 508. The van der Waals surface area contributed by atoms with Crippen LogP contribution in [0.2, 0.25) is 0 Å². The van der Waals surface area contributed by atoms with Crippen molar-refractivity contribution in [2.75, 3.05) is 44.2 Å². The molecule has 1 saturated heterocycles. The van der Waals surface area contributed by atoms with Gasteiger partial charge in [-0.15, -0.1) is 0 Å². The molecule has 1 saturated carbocycles. The van der Waals surface area contributed by atoms with Gasteiger partial charge in [-0.25, -0.2) is 9.97 Å². The minimum absolute atomic E-state index is 0.493. The zero-order valence-corrected chi connectivity index (χ0v) is 15.5. The summed E-state index contributed by atoms with van der Waals surface area (Å²) in [6.07, 6.45) is 5.80. The molecule has 2 heterocycles. The fraction of sp³-hybridized carbons (Fsp3) is 0.789. The minimum Gasteiger partial charge on any atom is -0.377 e. The molecule has 1 aliphatic heterocycles. The number of ether oxygens (including phenoxy) is 1. The largest absolute Gasteiger partial charge is 0.377 e. The molecular weight excluding hydrogens is 300 g/mol. The lowest BCUT2D eigenvalue weighted by atomic mass is 9.88. The maximum atomic E-state index is 6.17. The summed E-state index contributed by atoms with van der Waals surface area (Å²) < 4.78 is 6.17. The van der Waals surface area contributed by atoms with Crippen molar-refractivity contribution in [3.63, 3.8) is 0 Å². The van der Waals surface area contributed by atoms with Crippen LogP contribution in [0.1, 0.15) is 44.1 Å². The first-order valence-corrected chi connectivity index (χ1v) is 9.53. The smallest absolute Gasteiger partial charge is 0.132 e. The van der Waals surface area contributed by atoms with E-state index in [9.17, 15) is 0 Å². The zero-order chi connectivity index (χ0) is 16.9. The van der Waals surface area contributed by atoms with Crippen LogP contribution in [-0.2, 0) is 4.74 Å². The van der Waals surface area contributed by atoms with E-state index in [2.05, 4.69) is 32.8 Å². The molecule has 0 radical (unpaired) electrons. The molecule has 0 spiro atoms. The molecule has 134 valence electrons. The summed E-state index contributed by atoms with van der Waals surface area (Å²) in [5.74, 6) is 2.68. The number of anilines is 1. The van der Waals surface area contributed by atoms with Gasteiger partial charge in [-0.3, -0.25) is 4.90 Å². The molecular formula is C19H32N4O. The molecule has 0 amide bonds. The quantitative estimate of drug-likeness (QED) is 0.829. The summed E-state index contributed by atoms with van der Waals surface area (Å²) in [5.41, 5.74) is 1.05. The third-order valence-corrected chi connectivity index (χ3v) is 5.42. The Balaban J connectivity index is 1.40. The monoisotopic (exact) mass is 332 g/mol. The first-order chi connectivity index (χ1) is 11.6. The van der Waals surface area contributed by atoms with Gasteiger partial charge in [0.1, 0.15) is 11.6 Å². The highest BCUT2D eigenvalue weighted by Gasteiger charge is 2.23. The van der Waals surface area contributed by atoms with Crippen molar-refractivity contribution in [2.45, 2.75) is 52.6 Å². The normalized spacial score (nSPS) is 25.9. The van der Waals surface area contributed by atoms with E-state index >= 15 is 0 Å². The molecule has 0 N–H and O–H groups in total. The maximum absolute atomic E-state index is 6.17. The van der Waals surface area contributed by atoms with Crippen LogP contribution < -0.4 is 4.90 Å². The summed E-state index contributed by atoms with van der Waals surface area (Å²) in [5, 5.41) is 0. The average molecular weight is 332 g/mol. The number of rotatable bonds is 5. The Hall–Kier alpha value is -1.20. The molecule has 1 aromatic rings. The number of aromatic nitrogens is 2. The third-order valence-electron chi connectivity index (χ3n) is 5.42. The van der Waals surface area contributed by atoms with Crippen LogP contribution in [0.15, 0.2) is 6.07 Å². The summed E-state index contributed by atoms with van der Waals surface area (Å²) in [7, 11) is 0. The van der Waals surface area contributed by atoms with Crippen molar-refractivity contribution >= 4 is 5.82 Å². The molecule has 5 nitrogen and oxygen atoms in total. The van der Waals surface area contributed by atoms with E-state index in [-0.39, 0.29) is 0 Å². The van der Waals surface area contributed by atoms with Gasteiger partial charge >= 0.3 is 0 Å². The predicted molar refractivity (Wildman–Crippen MR) is 97.5 cm³/mol. The molecule has 5 heteroatoms. The molecule has 0 aromatic carbocycles. The second kappa shape index (κ2) is 8.26. The van der Waals surface area contributed by atoms with Crippen molar-refractivity contribution in [3.05, 3.63) is 17.6 Å². The molecule has 2 atom stereocenters. The Morgan fingerprint density at radius 2 is 1.83 bits per heavy atom. The van der Waals surface area contributed by atoms with Crippen LogP contribution >= 0.6 is 0 Å². The van der Waals surface area contributed by atoms with Gasteiger partial charge in [0, 0.05) is 44.5 Å². The van der Waals surface area contributed by atoms with Gasteiger partial charge in [0.2, 0.25) is 0 Å². The van der Waals surface area contributed by atoms with Gasteiger partial charge in [0.05, 0.1) is 12.7 Å². The lowest BCUT2D eigenvalue weighted by molar-refractivity contribution is -0.0141. The fourth-order valence-electron chi connectivity index (χ4n) is 3.92. The van der Waals surface area contributed by atoms with Crippen molar-refractivity contribution < 1.29 is 4.74 Å². The van der Waals surface area contributed by atoms with Crippen LogP contribution in [0.3, 0.4) is 0 Å². The highest BCUT2D eigenvalue weighted by Crippen LogP contribution is 2.26. The summed E-state index contributed by atoms with van der Waals surface area (Å²) >= 11 is 0. The van der Waals surface area contributed by atoms with Gasteiger partial charge in [-0.1, -0.05) is 19.8 Å². The van der Waals surface area contributed by atoms with E-state index in [0.717, 1.165) is 62.6 Å². The number of aryl methyl sites for hydroxylation is 2. The first-order valence-electron chi connectivity index (χ1n) is 9.53. The fourth-order valence-corrected chi connectivity index (χ4v) is 3.92. The van der Waals surface area contributed by atoms with Crippen LogP contribution in [0.25, 0.3) is 0 Å².